The van der Waals surface area contributed by atoms with Crippen LogP contribution in [0, 0.1) is 0 Å². The lowest BCUT2D eigenvalue weighted by atomic mass is 10.1. The summed E-state index contributed by atoms with van der Waals surface area (Å²) in [7, 11) is 0. The van der Waals surface area contributed by atoms with Gasteiger partial charge in [0.15, 0.2) is 0 Å². The highest BCUT2D eigenvalue weighted by Gasteiger charge is 1.93. The molecule has 0 unspecified atom stereocenters. The molecule has 0 heterocycles. The Morgan fingerprint density at radius 1 is 1.42 bits per heavy atom. The minimum atomic E-state index is 0.858. The highest BCUT2D eigenvalue weighted by Crippen LogP contribution is 2.15. The molecule has 0 bridgehead atoms. The van der Waals surface area contributed by atoms with E-state index in [2.05, 4.69) is 39.6 Å². The van der Waals surface area contributed by atoms with Gasteiger partial charge in [-0.15, -0.1) is 12.6 Å². The van der Waals surface area contributed by atoms with Crippen molar-refractivity contribution in [2.24, 2.45) is 0 Å². The van der Waals surface area contributed by atoms with Crippen LogP contribution in [0.5, 0.6) is 0 Å². The van der Waals surface area contributed by atoms with Crippen molar-refractivity contribution >= 4 is 12.6 Å². The predicted molar refractivity (Wildman–Crippen MR) is 60.5 cm³/mol. The van der Waals surface area contributed by atoms with Crippen LogP contribution in [-0.4, -0.2) is 0 Å². The monoisotopic (exact) mass is 180 g/mol. The van der Waals surface area contributed by atoms with E-state index in [0.717, 1.165) is 11.3 Å². The summed E-state index contributed by atoms with van der Waals surface area (Å²) in [6.07, 6.45) is 6.60. The molecule has 0 spiro atoms. The average Bonchev–Trinajstić information content (AvgIpc) is 1.98. The van der Waals surface area contributed by atoms with E-state index in [1.54, 1.807) is 6.08 Å². The summed E-state index contributed by atoms with van der Waals surface area (Å²) in [4.78, 5) is 0.902. The third kappa shape index (κ3) is 5.03. The third-order valence-corrected chi connectivity index (χ3v) is 1.78. The van der Waals surface area contributed by atoms with Gasteiger partial charge in [0.05, 0.1) is 0 Å². The quantitative estimate of drug-likeness (QED) is 0.492. The molecule has 0 nitrogen and oxygen atoms in total. The van der Waals surface area contributed by atoms with Crippen LogP contribution >= 0.6 is 12.6 Å². The van der Waals surface area contributed by atoms with Crippen LogP contribution in [0.2, 0.25) is 0 Å². The highest BCUT2D eigenvalue weighted by atomic mass is 32.1. The molecule has 1 heteroatoms. The smallest absolute Gasteiger partial charge is 0.00125 e. The lowest BCUT2D eigenvalue weighted by Crippen LogP contribution is -1.81. The summed E-state index contributed by atoms with van der Waals surface area (Å²) in [5.41, 5.74) is 2.55. The average molecular weight is 180 g/mol. The molecule has 0 aromatic heterocycles. The predicted octanol–water partition coefficient (Wildman–Crippen LogP) is 3.90. The van der Waals surface area contributed by atoms with Crippen LogP contribution < -0.4 is 0 Å². The van der Waals surface area contributed by atoms with Crippen molar-refractivity contribution in [1.29, 1.82) is 0 Å². The summed E-state index contributed by atoms with van der Waals surface area (Å²) in [5.74, 6) is 0. The normalized spacial score (nSPS) is 12.9. The van der Waals surface area contributed by atoms with E-state index < -0.39 is 0 Å². The maximum absolute atomic E-state index is 4.15. The number of allylic oxidation sites excluding steroid dienone is 6. The number of thiol groups is 1. The molecule has 0 aromatic carbocycles. The van der Waals surface area contributed by atoms with E-state index in [0.29, 0.717) is 0 Å². The molecule has 0 radical (unpaired) electrons. The Kier molecular flexibility index (Phi) is 5.56. The van der Waals surface area contributed by atoms with Crippen LogP contribution in [0.3, 0.4) is 0 Å². The molecule has 0 aliphatic rings. The first-order valence-corrected chi connectivity index (χ1v) is 4.35. The number of hydrogen-bond acceptors (Lipinski definition) is 1. The summed E-state index contributed by atoms with van der Waals surface area (Å²) < 4.78 is 0. The molecule has 12 heavy (non-hydrogen) atoms. The minimum Gasteiger partial charge on any atom is -0.148 e. The van der Waals surface area contributed by atoms with Gasteiger partial charge in [-0.3, -0.25) is 0 Å². The first-order chi connectivity index (χ1) is 5.57. The first kappa shape index (κ1) is 11.3. The second-order valence-corrected chi connectivity index (χ2v) is 3.43. The van der Waals surface area contributed by atoms with E-state index in [4.69, 9.17) is 0 Å². The molecule has 0 aliphatic heterocycles. The van der Waals surface area contributed by atoms with E-state index in [1.165, 1.54) is 11.1 Å². The Morgan fingerprint density at radius 2 is 2.00 bits per heavy atom. The zero-order valence-electron chi connectivity index (χ0n) is 7.80. The van der Waals surface area contributed by atoms with Crippen molar-refractivity contribution in [3.05, 3.63) is 47.4 Å². The fourth-order valence-corrected chi connectivity index (χ4v) is 1.04. The highest BCUT2D eigenvalue weighted by molar-refractivity contribution is 7.84. The Bertz CT molecular complexity index is 231. The second-order valence-electron chi connectivity index (χ2n) is 2.80. The Hall–Kier alpha value is -0.690. The summed E-state index contributed by atoms with van der Waals surface area (Å²) in [5, 5.41) is 0. The Morgan fingerprint density at radius 3 is 2.42 bits per heavy atom. The van der Waals surface area contributed by atoms with E-state index in [9.17, 15) is 0 Å². The van der Waals surface area contributed by atoms with Crippen LogP contribution in [-0.2, 0) is 0 Å². The molecule has 0 aliphatic carbocycles. The second kappa shape index (κ2) is 5.90. The zero-order chi connectivity index (χ0) is 9.56. The molecule has 0 fully saturated rings. The molecule has 0 saturated carbocycles. The van der Waals surface area contributed by atoms with Gasteiger partial charge in [0, 0.05) is 0 Å². The van der Waals surface area contributed by atoms with Crippen molar-refractivity contribution in [2.45, 2.75) is 20.3 Å². The van der Waals surface area contributed by atoms with Crippen LogP contribution in [0.4, 0.5) is 0 Å². The lowest BCUT2D eigenvalue weighted by Gasteiger charge is -2.02. The van der Waals surface area contributed by atoms with Gasteiger partial charge in [-0.1, -0.05) is 42.5 Å². The van der Waals surface area contributed by atoms with E-state index in [-0.39, 0.29) is 0 Å². The van der Waals surface area contributed by atoms with Crippen molar-refractivity contribution in [2.75, 3.05) is 0 Å². The van der Waals surface area contributed by atoms with Crippen molar-refractivity contribution < 1.29 is 0 Å². The van der Waals surface area contributed by atoms with Gasteiger partial charge >= 0.3 is 0 Å². The van der Waals surface area contributed by atoms with Gasteiger partial charge < -0.3 is 0 Å². The van der Waals surface area contributed by atoms with Gasteiger partial charge in [0.1, 0.15) is 0 Å². The molecule has 0 N–H and O–H groups in total. The van der Waals surface area contributed by atoms with Gasteiger partial charge in [-0.05, 0) is 25.2 Å². The minimum absolute atomic E-state index is 0.858. The molecule has 0 saturated heterocycles. The first-order valence-electron chi connectivity index (χ1n) is 3.90. The fraction of sp³-hybridized carbons (Fsp3) is 0.273. The number of hydrogen-bond donors (Lipinski definition) is 1. The van der Waals surface area contributed by atoms with E-state index >= 15 is 0 Å². The maximum Gasteiger partial charge on any atom is -0.00125 e. The van der Waals surface area contributed by atoms with Gasteiger partial charge in [0.25, 0.3) is 0 Å². The van der Waals surface area contributed by atoms with Gasteiger partial charge in [-0.25, -0.2) is 0 Å². The standard InChI is InChI=1S/C11H16S/c1-5-6-7-9(2)10(3)8-11(4)12/h5-7,12H,1,4,8H2,2-3H3/b7-6-,10-9+. The largest absolute Gasteiger partial charge is 0.148 e. The molecule has 0 atom stereocenters. The topological polar surface area (TPSA) is 0 Å². The van der Waals surface area contributed by atoms with Crippen molar-refractivity contribution in [3.8, 4) is 0 Å². The number of rotatable bonds is 4. The van der Waals surface area contributed by atoms with Crippen molar-refractivity contribution in [1.82, 2.24) is 0 Å². The molecular formula is C11H16S. The summed E-state index contributed by atoms with van der Waals surface area (Å²) in [6.45, 7) is 11.5. The Balaban J connectivity index is 4.35. The van der Waals surface area contributed by atoms with Crippen molar-refractivity contribution in [3.63, 3.8) is 0 Å². The summed E-state index contributed by atoms with van der Waals surface area (Å²) >= 11 is 4.15. The van der Waals surface area contributed by atoms with Crippen LogP contribution in [0.1, 0.15) is 20.3 Å². The lowest BCUT2D eigenvalue weighted by molar-refractivity contribution is 1.15. The van der Waals surface area contributed by atoms with E-state index in [1.807, 2.05) is 12.2 Å². The van der Waals surface area contributed by atoms with Gasteiger partial charge in [0.2, 0.25) is 0 Å². The maximum atomic E-state index is 4.15. The molecular weight excluding hydrogens is 164 g/mol. The molecule has 0 amide bonds. The van der Waals surface area contributed by atoms with Crippen LogP contribution in [0.25, 0.3) is 0 Å². The molecule has 66 valence electrons. The van der Waals surface area contributed by atoms with Crippen LogP contribution in [0.15, 0.2) is 47.4 Å². The van der Waals surface area contributed by atoms with Gasteiger partial charge in [-0.2, -0.15) is 0 Å². The third-order valence-electron chi connectivity index (χ3n) is 1.62. The Labute approximate surface area is 80.8 Å². The molecule has 0 rings (SSSR count). The zero-order valence-corrected chi connectivity index (χ0v) is 8.70. The SMILES string of the molecule is C=C/C=C\C(C)=C(/C)CC(=C)S. The summed E-state index contributed by atoms with van der Waals surface area (Å²) in [6, 6.07) is 0. The fourth-order valence-electron chi connectivity index (χ4n) is 0.800. The molecule has 0 aromatic rings.